The first kappa shape index (κ1) is 36.8. The lowest BCUT2D eigenvalue weighted by atomic mass is 10.0. The number of hydrogen-bond donors (Lipinski definition) is 0. The molecule has 1 atom stereocenters. The normalized spacial score (nSPS) is 14.9. The molecular formula is C40H72N2. The summed E-state index contributed by atoms with van der Waals surface area (Å²) in [5.41, 5.74) is 1.45. The molecule has 0 aliphatic carbocycles. The van der Waals surface area contributed by atoms with E-state index in [1.54, 1.807) is 0 Å². The first-order chi connectivity index (χ1) is 20.9. The van der Waals surface area contributed by atoms with Crippen LogP contribution in [0.4, 0.5) is 0 Å². The van der Waals surface area contributed by atoms with E-state index in [2.05, 4.69) is 66.4 Å². The standard InChI is InChI=1S/C40H72N2/c1-3-5-7-9-11-13-15-16-17-18-19-20-21-23-25-27-32-36-42-38-37-41(40(42)39-33-29-28-30-34-39)35-31-26-24-22-14-12-10-8-6-4-2/h28-30,33-34,37-38,40H,3-27,31-32,35-36H2,1-2H3. The second-order valence-electron chi connectivity index (χ2n) is 13.4. The van der Waals surface area contributed by atoms with E-state index in [4.69, 9.17) is 0 Å². The monoisotopic (exact) mass is 581 g/mol. The molecule has 42 heavy (non-hydrogen) atoms. The van der Waals surface area contributed by atoms with Crippen molar-refractivity contribution in [2.75, 3.05) is 13.1 Å². The van der Waals surface area contributed by atoms with Gasteiger partial charge in [-0.3, -0.25) is 0 Å². The van der Waals surface area contributed by atoms with Gasteiger partial charge < -0.3 is 9.80 Å². The molecule has 1 aliphatic heterocycles. The molecule has 1 unspecified atom stereocenters. The Bertz CT molecular complexity index is 714. The molecule has 242 valence electrons. The third kappa shape index (κ3) is 18.3. The van der Waals surface area contributed by atoms with Crippen LogP contribution in [0.5, 0.6) is 0 Å². The summed E-state index contributed by atoms with van der Waals surface area (Å²) in [6.07, 6.45) is 43.6. The quantitative estimate of drug-likeness (QED) is 0.0835. The van der Waals surface area contributed by atoms with Crippen LogP contribution < -0.4 is 0 Å². The minimum atomic E-state index is 0.394. The van der Waals surface area contributed by atoms with Crippen LogP contribution in [0, 0.1) is 0 Å². The zero-order chi connectivity index (χ0) is 29.8. The van der Waals surface area contributed by atoms with E-state index >= 15 is 0 Å². The van der Waals surface area contributed by atoms with E-state index in [1.165, 1.54) is 192 Å². The predicted molar refractivity (Wildman–Crippen MR) is 188 cm³/mol. The van der Waals surface area contributed by atoms with Crippen LogP contribution in [0.1, 0.15) is 199 Å². The van der Waals surface area contributed by atoms with Gasteiger partial charge in [-0.2, -0.15) is 0 Å². The predicted octanol–water partition coefficient (Wildman–Crippen LogP) is 13.3. The number of unbranched alkanes of at least 4 members (excludes halogenated alkanes) is 25. The minimum Gasteiger partial charge on any atom is -0.352 e. The number of benzene rings is 1. The summed E-state index contributed by atoms with van der Waals surface area (Å²) in [5.74, 6) is 0. The summed E-state index contributed by atoms with van der Waals surface area (Å²) in [6.45, 7) is 6.98. The maximum absolute atomic E-state index is 2.61. The number of rotatable bonds is 30. The highest BCUT2D eigenvalue weighted by Crippen LogP contribution is 2.31. The molecule has 1 aromatic rings. The molecule has 0 saturated carbocycles. The molecule has 0 bridgehead atoms. The summed E-state index contributed by atoms with van der Waals surface area (Å²) in [7, 11) is 0. The average molecular weight is 581 g/mol. The Balaban J connectivity index is 1.49. The van der Waals surface area contributed by atoms with E-state index in [1.807, 2.05) is 0 Å². The Labute approximate surface area is 264 Å². The summed E-state index contributed by atoms with van der Waals surface area (Å²) >= 11 is 0. The highest BCUT2D eigenvalue weighted by atomic mass is 15.4. The highest BCUT2D eigenvalue weighted by molar-refractivity contribution is 5.21. The average Bonchev–Trinajstić information content (AvgIpc) is 3.42. The van der Waals surface area contributed by atoms with Crippen molar-refractivity contribution in [3.8, 4) is 0 Å². The van der Waals surface area contributed by atoms with Crippen molar-refractivity contribution in [2.24, 2.45) is 0 Å². The van der Waals surface area contributed by atoms with E-state index in [-0.39, 0.29) is 0 Å². The minimum absolute atomic E-state index is 0.394. The van der Waals surface area contributed by atoms with Gasteiger partial charge in [-0.1, -0.05) is 205 Å². The van der Waals surface area contributed by atoms with Crippen LogP contribution in [0.15, 0.2) is 42.7 Å². The second kappa shape index (κ2) is 27.1. The van der Waals surface area contributed by atoms with Gasteiger partial charge in [-0.05, 0) is 18.4 Å². The third-order valence-corrected chi connectivity index (χ3v) is 9.47. The van der Waals surface area contributed by atoms with Crippen molar-refractivity contribution >= 4 is 0 Å². The van der Waals surface area contributed by atoms with Gasteiger partial charge in [0.05, 0.1) is 0 Å². The van der Waals surface area contributed by atoms with Gasteiger partial charge in [-0.15, -0.1) is 0 Å². The molecule has 0 amide bonds. The van der Waals surface area contributed by atoms with E-state index in [0.717, 1.165) is 0 Å². The molecule has 0 aromatic heterocycles. The van der Waals surface area contributed by atoms with Gasteiger partial charge in [0.2, 0.25) is 0 Å². The first-order valence-electron chi connectivity index (χ1n) is 19.1. The maximum atomic E-state index is 2.61. The maximum Gasteiger partial charge on any atom is 0.127 e. The molecule has 0 spiro atoms. The van der Waals surface area contributed by atoms with E-state index in [9.17, 15) is 0 Å². The molecule has 2 nitrogen and oxygen atoms in total. The smallest absolute Gasteiger partial charge is 0.127 e. The van der Waals surface area contributed by atoms with Crippen molar-refractivity contribution in [3.05, 3.63) is 48.3 Å². The number of nitrogens with zero attached hydrogens (tertiary/aromatic N) is 2. The SMILES string of the molecule is CCCCCCCCCCCCCCCCCCCN1C=CN(CCCCCCCCCCCC)C1c1ccccc1. The van der Waals surface area contributed by atoms with Crippen LogP contribution in [0.3, 0.4) is 0 Å². The fourth-order valence-corrected chi connectivity index (χ4v) is 6.73. The molecule has 2 heteroatoms. The topological polar surface area (TPSA) is 6.48 Å². The third-order valence-electron chi connectivity index (χ3n) is 9.47. The fourth-order valence-electron chi connectivity index (χ4n) is 6.73. The van der Waals surface area contributed by atoms with Crippen molar-refractivity contribution in [3.63, 3.8) is 0 Å². The van der Waals surface area contributed by atoms with E-state index < -0.39 is 0 Å². The van der Waals surface area contributed by atoms with Gasteiger partial charge >= 0.3 is 0 Å². The Morgan fingerprint density at radius 2 is 0.667 bits per heavy atom. The lowest BCUT2D eigenvalue weighted by Gasteiger charge is -2.33. The van der Waals surface area contributed by atoms with E-state index in [0.29, 0.717) is 6.17 Å². The zero-order valence-corrected chi connectivity index (χ0v) is 28.5. The van der Waals surface area contributed by atoms with Gasteiger partial charge in [-0.25, -0.2) is 0 Å². The molecule has 1 heterocycles. The molecule has 0 fully saturated rings. The molecule has 2 rings (SSSR count). The highest BCUT2D eigenvalue weighted by Gasteiger charge is 2.26. The van der Waals surface area contributed by atoms with Gasteiger partial charge in [0, 0.05) is 25.5 Å². The van der Waals surface area contributed by atoms with Gasteiger partial charge in [0.15, 0.2) is 0 Å². The van der Waals surface area contributed by atoms with Crippen molar-refractivity contribution in [2.45, 2.75) is 193 Å². The molecule has 1 aliphatic rings. The van der Waals surface area contributed by atoms with Crippen molar-refractivity contribution in [1.82, 2.24) is 9.80 Å². The largest absolute Gasteiger partial charge is 0.352 e. The van der Waals surface area contributed by atoms with Crippen LogP contribution in [0.25, 0.3) is 0 Å². The Kier molecular flexibility index (Phi) is 23.7. The summed E-state index contributed by atoms with van der Waals surface area (Å²) in [6, 6.07) is 11.2. The van der Waals surface area contributed by atoms with Crippen LogP contribution in [0.2, 0.25) is 0 Å². The van der Waals surface area contributed by atoms with Gasteiger partial charge in [0.25, 0.3) is 0 Å². The molecule has 0 radical (unpaired) electrons. The first-order valence-corrected chi connectivity index (χ1v) is 19.1. The van der Waals surface area contributed by atoms with Crippen LogP contribution in [-0.2, 0) is 0 Å². The van der Waals surface area contributed by atoms with Crippen molar-refractivity contribution in [1.29, 1.82) is 0 Å². The van der Waals surface area contributed by atoms with Gasteiger partial charge in [0.1, 0.15) is 6.17 Å². The molecular weight excluding hydrogens is 508 g/mol. The van der Waals surface area contributed by atoms with Crippen LogP contribution in [-0.4, -0.2) is 22.9 Å². The molecule has 0 N–H and O–H groups in total. The fraction of sp³-hybridized carbons (Fsp3) is 0.800. The summed E-state index contributed by atoms with van der Waals surface area (Å²) < 4.78 is 0. The summed E-state index contributed by atoms with van der Waals surface area (Å²) in [4.78, 5) is 5.21. The lowest BCUT2D eigenvalue weighted by molar-refractivity contribution is 0.149. The Morgan fingerprint density at radius 3 is 0.976 bits per heavy atom. The Morgan fingerprint density at radius 1 is 0.381 bits per heavy atom. The van der Waals surface area contributed by atoms with Crippen molar-refractivity contribution < 1.29 is 0 Å². The zero-order valence-electron chi connectivity index (χ0n) is 28.5. The molecule has 1 aromatic carbocycles. The Hall–Kier alpha value is -1.44. The van der Waals surface area contributed by atoms with Crippen LogP contribution >= 0.6 is 0 Å². The lowest BCUT2D eigenvalue weighted by Crippen LogP contribution is -2.32. The second-order valence-corrected chi connectivity index (χ2v) is 13.4. The number of hydrogen-bond acceptors (Lipinski definition) is 2. The molecule has 0 saturated heterocycles. The summed E-state index contributed by atoms with van der Waals surface area (Å²) in [5, 5.41) is 0.